The van der Waals surface area contributed by atoms with Gasteiger partial charge in [-0.1, -0.05) is 11.6 Å². The minimum absolute atomic E-state index is 0.206. The van der Waals surface area contributed by atoms with Crippen molar-refractivity contribution in [3.05, 3.63) is 11.8 Å². The minimum Gasteiger partial charge on any atom is -0.332 e. The van der Waals surface area contributed by atoms with Crippen molar-refractivity contribution in [2.24, 2.45) is 0 Å². The molecule has 1 aliphatic rings. The first-order chi connectivity index (χ1) is 11.8. The maximum atomic E-state index is 5.84. The molecular formula is C18H38N2O4+2. The van der Waals surface area contributed by atoms with Crippen LogP contribution in [0.5, 0.6) is 0 Å². The summed E-state index contributed by atoms with van der Waals surface area (Å²) < 4.78 is 11.3. The standard InChI is InChI=1S/C18H36N2O4/c1-5-21-16-19-15-17(18(19)22-6-2)13-11-9-10-12-14-20(23-7-3)24-8-4/h15,18H,5-14,16H2,1-4H3/p+2. The first-order valence-corrected chi connectivity index (χ1v) is 9.63. The van der Waals surface area contributed by atoms with Gasteiger partial charge in [0.2, 0.25) is 6.23 Å². The first kappa shape index (κ1) is 21.5. The minimum atomic E-state index is 0.206. The predicted octanol–water partition coefficient (Wildman–Crippen LogP) is 0.864. The molecule has 0 aromatic rings. The Morgan fingerprint density at radius 1 is 0.917 bits per heavy atom. The Kier molecular flexibility index (Phi) is 12.3. The van der Waals surface area contributed by atoms with Crippen LogP contribution in [0, 0.1) is 0 Å². The Morgan fingerprint density at radius 3 is 2.25 bits per heavy atom. The van der Waals surface area contributed by atoms with Gasteiger partial charge in [0.05, 0.1) is 12.2 Å². The van der Waals surface area contributed by atoms with Crippen LogP contribution < -0.4 is 10.1 Å². The lowest BCUT2D eigenvalue weighted by Crippen LogP contribution is -3.17. The quantitative estimate of drug-likeness (QED) is 0.321. The molecule has 0 aromatic heterocycles. The molecule has 0 saturated carbocycles. The Labute approximate surface area is 147 Å². The normalized spacial score (nSPS) is 20.3. The van der Waals surface area contributed by atoms with E-state index in [0.29, 0.717) is 19.9 Å². The lowest BCUT2D eigenvalue weighted by Gasteiger charge is -2.34. The van der Waals surface area contributed by atoms with Gasteiger partial charge in [0.15, 0.2) is 6.73 Å². The summed E-state index contributed by atoms with van der Waals surface area (Å²) in [5.74, 6) is 0. The number of hydrogen-bond donors (Lipinski definition) is 2. The molecule has 1 aliphatic heterocycles. The van der Waals surface area contributed by atoms with Crippen molar-refractivity contribution in [1.29, 1.82) is 0 Å². The average molecular weight is 347 g/mol. The zero-order valence-electron chi connectivity index (χ0n) is 16.1. The molecule has 0 saturated heterocycles. The van der Waals surface area contributed by atoms with Gasteiger partial charge < -0.3 is 9.47 Å². The van der Waals surface area contributed by atoms with Gasteiger partial charge in [0.25, 0.3) is 0 Å². The molecule has 0 spiro atoms. The summed E-state index contributed by atoms with van der Waals surface area (Å²) in [4.78, 5) is 12.3. The molecule has 6 nitrogen and oxygen atoms in total. The van der Waals surface area contributed by atoms with Crippen LogP contribution in [0.4, 0.5) is 0 Å². The van der Waals surface area contributed by atoms with E-state index in [2.05, 4.69) is 13.1 Å². The summed E-state index contributed by atoms with van der Waals surface area (Å²) in [6.45, 7) is 12.6. The zero-order chi connectivity index (χ0) is 17.6. The molecule has 1 rings (SSSR count). The van der Waals surface area contributed by atoms with Crippen LogP contribution in [0.25, 0.3) is 0 Å². The molecule has 0 radical (unpaired) electrons. The summed E-state index contributed by atoms with van der Waals surface area (Å²) in [6, 6.07) is 0. The van der Waals surface area contributed by atoms with Gasteiger partial charge in [-0.2, -0.15) is 9.68 Å². The molecule has 1 heterocycles. The molecule has 2 N–H and O–H groups in total. The van der Waals surface area contributed by atoms with Gasteiger partial charge in [-0.15, -0.1) is 0 Å². The van der Waals surface area contributed by atoms with Crippen molar-refractivity contribution in [3.8, 4) is 0 Å². The highest BCUT2D eigenvalue weighted by Gasteiger charge is 2.35. The molecule has 2 atom stereocenters. The van der Waals surface area contributed by atoms with Crippen molar-refractivity contribution < 1.29 is 29.3 Å². The lowest BCUT2D eigenvalue weighted by atomic mass is 10.0. The Hall–Kier alpha value is -0.500. The highest BCUT2D eigenvalue weighted by atomic mass is 16.9. The number of unbranched alkanes of at least 4 members (excludes halogenated alkanes) is 3. The lowest BCUT2D eigenvalue weighted by molar-refractivity contribution is -1.24. The van der Waals surface area contributed by atoms with Crippen molar-refractivity contribution in [1.82, 2.24) is 0 Å². The summed E-state index contributed by atoms with van der Waals surface area (Å²) >= 11 is 0. The van der Waals surface area contributed by atoms with Gasteiger partial charge in [-0.25, -0.2) is 0 Å². The third-order valence-electron chi connectivity index (χ3n) is 4.06. The van der Waals surface area contributed by atoms with E-state index in [1.165, 1.54) is 29.7 Å². The van der Waals surface area contributed by atoms with Crippen molar-refractivity contribution >= 4 is 0 Å². The molecule has 0 aliphatic carbocycles. The third kappa shape index (κ3) is 8.05. The Balaban J connectivity index is 2.13. The summed E-state index contributed by atoms with van der Waals surface area (Å²) in [7, 11) is 0. The van der Waals surface area contributed by atoms with Crippen LogP contribution in [-0.4, -0.2) is 45.9 Å². The van der Waals surface area contributed by atoms with Crippen LogP contribution in [0.1, 0.15) is 59.8 Å². The molecule has 0 bridgehead atoms. The van der Waals surface area contributed by atoms with Gasteiger partial charge in [0, 0.05) is 13.0 Å². The predicted molar refractivity (Wildman–Crippen MR) is 93.1 cm³/mol. The summed E-state index contributed by atoms with van der Waals surface area (Å²) in [5, 5.41) is 0.799. The second-order valence-electron chi connectivity index (χ2n) is 5.92. The van der Waals surface area contributed by atoms with Gasteiger partial charge in [-0.05, 0) is 47.0 Å². The van der Waals surface area contributed by atoms with E-state index in [0.717, 1.165) is 37.8 Å². The maximum absolute atomic E-state index is 5.84. The van der Waals surface area contributed by atoms with E-state index in [1.807, 2.05) is 20.8 Å². The average Bonchev–Trinajstić information content (AvgIpc) is 2.57. The van der Waals surface area contributed by atoms with Crippen LogP contribution in [0.15, 0.2) is 11.8 Å². The number of hydrogen-bond acceptors (Lipinski definition) is 4. The van der Waals surface area contributed by atoms with Crippen LogP contribution in [0.2, 0.25) is 0 Å². The zero-order valence-corrected chi connectivity index (χ0v) is 16.1. The van der Waals surface area contributed by atoms with Gasteiger partial charge in [0.1, 0.15) is 26.0 Å². The fraction of sp³-hybridized carbons (Fsp3) is 0.889. The molecule has 0 aromatic carbocycles. The molecule has 0 amide bonds. The number of ether oxygens (including phenoxy) is 2. The Bertz CT molecular complexity index is 333. The molecule has 24 heavy (non-hydrogen) atoms. The van der Waals surface area contributed by atoms with Gasteiger partial charge in [-0.3, -0.25) is 4.90 Å². The summed E-state index contributed by atoms with van der Waals surface area (Å²) in [5.41, 5.74) is 1.43. The number of quaternary nitrogens is 2. The molecule has 142 valence electrons. The molecule has 0 fully saturated rings. The van der Waals surface area contributed by atoms with E-state index < -0.39 is 0 Å². The molecule has 2 unspecified atom stereocenters. The number of hydroxylamine groups is 2. The Morgan fingerprint density at radius 2 is 1.62 bits per heavy atom. The van der Waals surface area contributed by atoms with Crippen molar-refractivity contribution in [2.45, 2.75) is 66.0 Å². The van der Waals surface area contributed by atoms with E-state index in [1.54, 1.807) is 0 Å². The van der Waals surface area contributed by atoms with E-state index >= 15 is 0 Å². The van der Waals surface area contributed by atoms with E-state index in [4.69, 9.17) is 19.1 Å². The maximum Gasteiger partial charge on any atom is 0.225 e. The van der Waals surface area contributed by atoms with Crippen LogP contribution >= 0.6 is 0 Å². The fourth-order valence-corrected chi connectivity index (χ4v) is 2.91. The monoisotopic (exact) mass is 346 g/mol. The highest BCUT2D eigenvalue weighted by Crippen LogP contribution is 2.16. The number of nitrogens with one attached hydrogen (secondary N) is 2. The largest absolute Gasteiger partial charge is 0.332 e. The highest BCUT2D eigenvalue weighted by molar-refractivity contribution is 5.07. The van der Waals surface area contributed by atoms with Crippen molar-refractivity contribution in [3.63, 3.8) is 0 Å². The second kappa shape index (κ2) is 13.8. The number of rotatable bonds is 16. The first-order valence-electron chi connectivity index (χ1n) is 9.63. The fourth-order valence-electron chi connectivity index (χ4n) is 2.91. The SMILES string of the molecule is CCOC[NH+]1C=C(CCCCCC[NH+](OCC)OCC)C1OCC. The van der Waals surface area contributed by atoms with Gasteiger partial charge >= 0.3 is 0 Å². The smallest absolute Gasteiger partial charge is 0.225 e. The van der Waals surface area contributed by atoms with Crippen molar-refractivity contribution in [2.75, 3.05) is 39.7 Å². The molecular weight excluding hydrogens is 308 g/mol. The van der Waals surface area contributed by atoms with Crippen LogP contribution in [-0.2, 0) is 19.1 Å². The summed E-state index contributed by atoms with van der Waals surface area (Å²) in [6.07, 6.45) is 8.41. The van der Waals surface area contributed by atoms with Crippen LogP contribution in [0.3, 0.4) is 0 Å². The third-order valence-corrected chi connectivity index (χ3v) is 4.06. The molecule has 6 heteroatoms. The topological polar surface area (TPSA) is 45.8 Å². The second-order valence-corrected chi connectivity index (χ2v) is 5.92. The van der Waals surface area contributed by atoms with E-state index in [-0.39, 0.29) is 6.23 Å². The van der Waals surface area contributed by atoms with E-state index in [9.17, 15) is 0 Å².